The van der Waals surface area contributed by atoms with Crippen LogP contribution in [0, 0.1) is 5.92 Å². The van der Waals surface area contributed by atoms with Crippen LogP contribution in [0.5, 0.6) is 0 Å². The van der Waals surface area contributed by atoms with E-state index in [-0.39, 0.29) is 17.6 Å². The Hall–Kier alpha value is -1.12. The van der Waals surface area contributed by atoms with E-state index in [0.717, 1.165) is 10.0 Å². The Morgan fingerprint density at radius 2 is 1.86 bits per heavy atom. The van der Waals surface area contributed by atoms with E-state index in [2.05, 4.69) is 21.2 Å². The number of hydrogen-bond donors (Lipinski definition) is 1. The fraction of sp³-hybridized carbons (Fsp3) is 0.316. The smallest absolute Gasteiger partial charge is 0.227 e. The lowest BCUT2D eigenvalue weighted by Crippen LogP contribution is -2.41. The molecule has 150 valence electrons. The Morgan fingerprint density at radius 3 is 2.54 bits per heavy atom. The monoisotopic (exact) mass is 504 g/mol. The summed E-state index contributed by atoms with van der Waals surface area (Å²) in [6.45, 7) is 0.634. The van der Waals surface area contributed by atoms with Crippen molar-refractivity contribution >= 4 is 60.7 Å². The lowest BCUT2D eigenvalue weighted by molar-refractivity contribution is -0.120. The van der Waals surface area contributed by atoms with Crippen LogP contribution in [0.4, 0.5) is 5.69 Å². The average molecular weight is 506 g/mol. The molecule has 1 N–H and O–H groups in total. The minimum atomic E-state index is -3.43. The van der Waals surface area contributed by atoms with Crippen molar-refractivity contribution < 1.29 is 13.2 Å². The number of carbonyl (C=O) groups excluding carboxylic acids is 1. The molecule has 3 rings (SSSR count). The zero-order valence-electron chi connectivity index (χ0n) is 14.9. The summed E-state index contributed by atoms with van der Waals surface area (Å²) in [6.07, 6.45) is 0.920. The third kappa shape index (κ3) is 5.48. The van der Waals surface area contributed by atoms with Crippen molar-refractivity contribution in [3.05, 3.63) is 62.5 Å². The number of halogens is 3. The average Bonchev–Trinajstić information content (AvgIpc) is 2.64. The van der Waals surface area contributed by atoms with Gasteiger partial charge in [0.2, 0.25) is 15.9 Å². The zero-order chi connectivity index (χ0) is 20.3. The fourth-order valence-corrected chi connectivity index (χ4v) is 5.49. The molecule has 0 aromatic heterocycles. The predicted octanol–water partition coefficient (Wildman–Crippen LogP) is 4.94. The number of nitrogens with one attached hydrogen (secondary N) is 1. The summed E-state index contributed by atoms with van der Waals surface area (Å²) in [5, 5.41) is 3.68. The molecule has 2 aromatic rings. The van der Waals surface area contributed by atoms with Crippen LogP contribution < -0.4 is 5.32 Å². The maximum absolute atomic E-state index is 12.7. The summed E-state index contributed by atoms with van der Waals surface area (Å²) >= 11 is 15.4. The Kier molecular flexibility index (Phi) is 7.04. The van der Waals surface area contributed by atoms with Gasteiger partial charge in [-0.3, -0.25) is 4.79 Å². The molecule has 0 radical (unpaired) electrons. The van der Waals surface area contributed by atoms with Crippen LogP contribution in [0.1, 0.15) is 18.4 Å². The van der Waals surface area contributed by atoms with Crippen molar-refractivity contribution in [2.75, 3.05) is 18.4 Å². The quantitative estimate of drug-likeness (QED) is 0.626. The highest BCUT2D eigenvalue weighted by molar-refractivity contribution is 9.10. The van der Waals surface area contributed by atoms with Crippen LogP contribution >= 0.6 is 39.1 Å². The van der Waals surface area contributed by atoms with Gasteiger partial charge < -0.3 is 5.32 Å². The first-order valence-electron chi connectivity index (χ1n) is 8.73. The second kappa shape index (κ2) is 9.13. The molecule has 28 heavy (non-hydrogen) atoms. The largest absolute Gasteiger partial charge is 0.324 e. The summed E-state index contributed by atoms with van der Waals surface area (Å²) in [5.41, 5.74) is 1.19. The first kappa shape index (κ1) is 21.6. The van der Waals surface area contributed by atoms with Crippen molar-refractivity contribution in [3.8, 4) is 0 Å². The van der Waals surface area contributed by atoms with Crippen LogP contribution in [-0.4, -0.2) is 31.7 Å². The van der Waals surface area contributed by atoms with E-state index in [0.29, 0.717) is 41.7 Å². The molecule has 0 aliphatic carbocycles. The maximum atomic E-state index is 12.7. The molecule has 0 unspecified atom stereocenters. The van der Waals surface area contributed by atoms with Crippen LogP contribution in [0.2, 0.25) is 10.0 Å². The Morgan fingerprint density at radius 1 is 1.14 bits per heavy atom. The van der Waals surface area contributed by atoms with E-state index < -0.39 is 10.0 Å². The molecule has 0 spiro atoms. The molecule has 1 aliphatic heterocycles. The molecular weight excluding hydrogens is 487 g/mol. The molecule has 2 aromatic carbocycles. The second-order valence-electron chi connectivity index (χ2n) is 6.67. The number of benzene rings is 2. The maximum Gasteiger partial charge on any atom is 0.227 e. The van der Waals surface area contributed by atoms with Gasteiger partial charge >= 0.3 is 0 Å². The number of anilines is 1. The van der Waals surface area contributed by atoms with Crippen molar-refractivity contribution in [2.24, 2.45) is 5.92 Å². The summed E-state index contributed by atoms with van der Waals surface area (Å²) < 4.78 is 27.7. The number of nitrogens with zero attached hydrogens (tertiary/aromatic N) is 1. The lowest BCUT2D eigenvalue weighted by atomic mass is 9.97. The highest BCUT2D eigenvalue weighted by Crippen LogP contribution is 2.28. The zero-order valence-corrected chi connectivity index (χ0v) is 18.8. The lowest BCUT2D eigenvalue weighted by Gasteiger charge is -2.30. The van der Waals surface area contributed by atoms with Crippen LogP contribution in [0.15, 0.2) is 46.9 Å². The van der Waals surface area contributed by atoms with Gasteiger partial charge in [-0.15, -0.1) is 0 Å². The highest BCUT2D eigenvalue weighted by Gasteiger charge is 2.31. The third-order valence-corrected chi connectivity index (χ3v) is 7.55. The standard InChI is InChI=1S/C19H19BrCl2N2O3S/c20-15-3-1-2-13(10-15)12-28(26,27)24-8-6-14(7-9-24)19(25)23-18-11-16(21)4-5-17(18)22/h1-5,10-11,14H,6-9,12H2,(H,23,25). The molecule has 1 heterocycles. The van der Waals surface area contributed by atoms with E-state index in [1.54, 1.807) is 30.3 Å². The van der Waals surface area contributed by atoms with E-state index in [1.807, 2.05) is 12.1 Å². The minimum absolute atomic E-state index is 0.0541. The van der Waals surface area contributed by atoms with E-state index in [1.165, 1.54) is 4.31 Å². The SMILES string of the molecule is O=C(Nc1cc(Cl)ccc1Cl)C1CCN(S(=O)(=O)Cc2cccc(Br)c2)CC1. The summed E-state index contributed by atoms with van der Waals surface area (Å²) in [4.78, 5) is 12.5. The first-order valence-corrected chi connectivity index (χ1v) is 11.9. The second-order valence-corrected chi connectivity index (χ2v) is 10.4. The topological polar surface area (TPSA) is 66.5 Å². The third-order valence-electron chi connectivity index (χ3n) is 4.64. The molecule has 9 heteroatoms. The molecule has 0 atom stereocenters. The van der Waals surface area contributed by atoms with Crippen LogP contribution in [0.3, 0.4) is 0 Å². The normalized spacial score (nSPS) is 16.1. The summed E-state index contributed by atoms with van der Waals surface area (Å²) in [6, 6.07) is 12.1. The summed E-state index contributed by atoms with van der Waals surface area (Å²) in [5.74, 6) is -0.498. The fourth-order valence-electron chi connectivity index (χ4n) is 3.15. The molecule has 0 saturated carbocycles. The molecule has 1 amide bonds. The van der Waals surface area contributed by atoms with Gasteiger partial charge in [0.05, 0.1) is 16.5 Å². The molecule has 1 aliphatic rings. The van der Waals surface area contributed by atoms with E-state index in [9.17, 15) is 13.2 Å². The highest BCUT2D eigenvalue weighted by atomic mass is 79.9. The van der Waals surface area contributed by atoms with Gasteiger partial charge in [-0.2, -0.15) is 0 Å². The minimum Gasteiger partial charge on any atom is -0.324 e. The van der Waals surface area contributed by atoms with Crippen molar-refractivity contribution in [1.29, 1.82) is 0 Å². The number of carbonyl (C=O) groups is 1. The predicted molar refractivity (Wildman–Crippen MR) is 116 cm³/mol. The van der Waals surface area contributed by atoms with E-state index >= 15 is 0 Å². The van der Waals surface area contributed by atoms with Gasteiger partial charge in [0.1, 0.15) is 0 Å². The Labute approximate surface area is 183 Å². The molecule has 5 nitrogen and oxygen atoms in total. The van der Waals surface area contributed by atoms with Crippen molar-refractivity contribution in [1.82, 2.24) is 4.31 Å². The first-order chi connectivity index (χ1) is 13.2. The Balaban J connectivity index is 1.59. The van der Waals surface area contributed by atoms with Crippen LogP contribution in [-0.2, 0) is 20.6 Å². The molecular formula is C19H19BrCl2N2O3S. The number of rotatable bonds is 5. The van der Waals surface area contributed by atoms with Gasteiger partial charge in [-0.1, -0.05) is 51.3 Å². The Bertz CT molecular complexity index is 977. The number of amides is 1. The number of piperidine rings is 1. The van der Waals surface area contributed by atoms with Gasteiger partial charge in [-0.25, -0.2) is 12.7 Å². The summed E-state index contributed by atoms with van der Waals surface area (Å²) in [7, 11) is -3.43. The number of sulfonamides is 1. The van der Waals surface area contributed by atoms with Gasteiger partial charge in [0.25, 0.3) is 0 Å². The van der Waals surface area contributed by atoms with Gasteiger partial charge in [-0.05, 0) is 48.7 Å². The van der Waals surface area contributed by atoms with Crippen LogP contribution in [0.25, 0.3) is 0 Å². The molecule has 1 saturated heterocycles. The van der Waals surface area contributed by atoms with Crippen molar-refractivity contribution in [3.63, 3.8) is 0 Å². The number of hydrogen-bond acceptors (Lipinski definition) is 3. The van der Waals surface area contributed by atoms with Gasteiger partial charge in [0, 0.05) is 28.5 Å². The molecule has 1 fully saturated rings. The van der Waals surface area contributed by atoms with E-state index in [4.69, 9.17) is 23.2 Å². The van der Waals surface area contributed by atoms with Gasteiger partial charge in [0.15, 0.2) is 0 Å². The van der Waals surface area contributed by atoms with Crippen molar-refractivity contribution in [2.45, 2.75) is 18.6 Å². The molecule has 0 bridgehead atoms.